The fourth-order valence-corrected chi connectivity index (χ4v) is 3.14. The number of benzene rings is 2. The van der Waals surface area contributed by atoms with E-state index in [1.54, 1.807) is 7.11 Å². The highest BCUT2D eigenvalue weighted by molar-refractivity contribution is 5.77. The van der Waals surface area contributed by atoms with E-state index in [-0.39, 0.29) is 0 Å². The zero-order chi connectivity index (χ0) is 15.0. The summed E-state index contributed by atoms with van der Waals surface area (Å²) < 4.78 is 11.3. The number of rotatable bonds is 3. The van der Waals surface area contributed by atoms with Crippen LogP contribution in [0.15, 0.2) is 24.3 Å². The lowest BCUT2D eigenvalue weighted by atomic mass is 9.93. The van der Waals surface area contributed by atoms with E-state index in [0.717, 1.165) is 41.2 Å². The van der Waals surface area contributed by atoms with Gasteiger partial charge in [-0.15, -0.1) is 0 Å². The summed E-state index contributed by atoms with van der Waals surface area (Å²) in [6.45, 7) is 5.44. The Labute approximate surface area is 125 Å². The van der Waals surface area contributed by atoms with Crippen molar-refractivity contribution in [1.82, 2.24) is 0 Å². The first-order chi connectivity index (χ1) is 10.1. The van der Waals surface area contributed by atoms with Gasteiger partial charge in [0.1, 0.15) is 11.5 Å². The Morgan fingerprint density at radius 3 is 2.71 bits per heavy atom. The lowest BCUT2D eigenvalue weighted by Crippen LogP contribution is -2.01. The predicted molar refractivity (Wildman–Crippen MR) is 85.0 cm³/mol. The normalized spacial score (nSPS) is 13.0. The number of ether oxygens (including phenoxy) is 2. The first-order valence-electron chi connectivity index (χ1n) is 7.28. The van der Waals surface area contributed by atoms with Gasteiger partial charge < -0.3 is 15.2 Å². The Bertz CT molecular complexity index is 692. The molecule has 0 saturated heterocycles. The van der Waals surface area contributed by atoms with Crippen LogP contribution in [-0.2, 0) is 13.0 Å². The second kappa shape index (κ2) is 5.41. The first-order valence-corrected chi connectivity index (χ1v) is 7.28. The zero-order valence-electron chi connectivity index (χ0n) is 12.8. The topological polar surface area (TPSA) is 44.5 Å². The van der Waals surface area contributed by atoms with Crippen molar-refractivity contribution in [2.45, 2.75) is 26.8 Å². The van der Waals surface area contributed by atoms with Gasteiger partial charge >= 0.3 is 0 Å². The van der Waals surface area contributed by atoms with Gasteiger partial charge in [0.25, 0.3) is 0 Å². The second-order valence-corrected chi connectivity index (χ2v) is 5.59. The van der Waals surface area contributed by atoms with Crippen LogP contribution in [0, 0.1) is 13.8 Å². The fourth-order valence-electron chi connectivity index (χ4n) is 3.14. The molecule has 0 unspecified atom stereocenters. The Morgan fingerprint density at radius 2 is 2.00 bits per heavy atom. The molecule has 1 heterocycles. The average molecular weight is 283 g/mol. The van der Waals surface area contributed by atoms with Crippen LogP contribution in [0.3, 0.4) is 0 Å². The minimum Gasteiger partial charge on any atom is -0.496 e. The number of fused-ring (bicyclic) bond motifs is 1. The van der Waals surface area contributed by atoms with E-state index in [9.17, 15) is 0 Å². The minimum absolute atomic E-state index is 0.489. The van der Waals surface area contributed by atoms with E-state index in [2.05, 4.69) is 38.1 Å². The fraction of sp³-hybridized carbons (Fsp3) is 0.333. The molecule has 3 rings (SSSR count). The predicted octanol–water partition coefficient (Wildman–Crippen LogP) is 3.37. The first kappa shape index (κ1) is 14.0. The van der Waals surface area contributed by atoms with Crippen molar-refractivity contribution in [3.8, 4) is 22.6 Å². The van der Waals surface area contributed by atoms with E-state index in [0.29, 0.717) is 6.54 Å². The molecule has 0 spiro atoms. The van der Waals surface area contributed by atoms with Crippen LogP contribution >= 0.6 is 0 Å². The largest absolute Gasteiger partial charge is 0.496 e. The summed E-state index contributed by atoms with van der Waals surface area (Å²) in [4.78, 5) is 0. The van der Waals surface area contributed by atoms with Crippen LogP contribution in [0.4, 0.5) is 0 Å². The molecular weight excluding hydrogens is 262 g/mol. The summed E-state index contributed by atoms with van der Waals surface area (Å²) in [6.07, 6.45) is 0.948. The number of nitrogens with two attached hydrogens (primary N) is 1. The maximum Gasteiger partial charge on any atom is 0.127 e. The van der Waals surface area contributed by atoms with Gasteiger partial charge in [0, 0.05) is 24.1 Å². The van der Waals surface area contributed by atoms with Crippen molar-refractivity contribution >= 4 is 0 Å². The molecule has 0 aliphatic carbocycles. The van der Waals surface area contributed by atoms with Crippen molar-refractivity contribution in [2.24, 2.45) is 5.73 Å². The Morgan fingerprint density at radius 1 is 1.19 bits per heavy atom. The van der Waals surface area contributed by atoms with Gasteiger partial charge in [-0.25, -0.2) is 0 Å². The molecule has 0 bridgehead atoms. The molecule has 3 nitrogen and oxygen atoms in total. The third kappa shape index (κ3) is 2.38. The van der Waals surface area contributed by atoms with Crippen molar-refractivity contribution in [2.75, 3.05) is 13.7 Å². The molecule has 0 radical (unpaired) electrons. The van der Waals surface area contributed by atoms with Crippen LogP contribution in [0.25, 0.3) is 11.1 Å². The van der Waals surface area contributed by atoms with Crippen LogP contribution in [0.1, 0.15) is 22.3 Å². The minimum atomic E-state index is 0.489. The van der Waals surface area contributed by atoms with Crippen LogP contribution in [-0.4, -0.2) is 13.7 Å². The van der Waals surface area contributed by atoms with Gasteiger partial charge in [-0.1, -0.05) is 6.07 Å². The summed E-state index contributed by atoms with van der Waals surface area (Å²) in [5, 5.41) is 0. The Kier molecular flexibility index (Phi) is 3.60. The SMILES string of the molecule is COc1cc(C)cc(C)c1-c1cc(CN)c2c(c1)CCO2. The summed E-state index contributed by atoms with van der Waals surface area (Å²) in [5.74, 6) is 1.89. The molecule has 0 saturated carbocycles. The average Bonchev–Trinajstić information content (AvgIpc) is 2.93. The van der Waals surface area contributed by atoms with Gasteiger partial charge in [0.05, 0.1) is 13.7 Å². The summed E-state index contributed by atoms with van der Waals surface area (Å²) >= 11 is 0. The molecule has 0 amide bonds. The number of hydrogen-bond donors (Lipinski definition) is 1. The highest BCUT2D eigenvalue weighted by Crippen LogP contribution is 2.39. The van der Waals surface area contributed by atoms with E-state index < -0.39 is 0 Å². The molecule has 0 atom stereocenters. The number of methoxy groups -OCH3 is 1. The van der Waals surface area contributed by atoms with Gasteiger partial charge in [-0.05, 0) is 54.3 Å². The molecule has 2 aromatic rings. The van der Waals surface area contributed by atoms with Crippen molar-refractivity contribution < 1.29 is 9.47 Å². The highest BCUT2D eigenvalue weighted by Gasteiger charge is 2.19. The van der Waals surface area contributed by atoms with Crippen molar-refractivity contribution in [1.29, 1.82) is 0 Å². The molecule has 21 heavy (non-hydrogen) atoms. The summed E-state index contributed by atoms with van der Waals surface area (Å²) in [6, 6.07) is 8.60. The van der Waals surface area contributed by atoms with E-state index in [1.807, 2.05) is 0 Å². The molecule has 2 N–H and O–H groups in total. The van der Waals surface area contributed by atoms with E-state index >= 15 is 0 Å². The van der Waals surface area contributed by atoms with Gasteiger partial charge in [-0.2, -0.15) is 0 Å². The summed E-state index contributed by atoms with van der Waals surface area (Å²) in [5.41, 5.74) is 12.9. The molecule has 3 heteroatoms. The standard InChI is InChI=1S/C18H21NO2/c1-11-6-12(2)17(16(7-11)20-3)14-8-13-4-5-21-18(13)15(9-14)10-19/h6-9H,4-5,10,19H2,1-3H3. The molecule has 1 aliphatic rings. The lowest BCUT2D eigenvalue weighted by molar-refractivity contribution is 0.353. The molecule has 2 aromatic carbocycles. The maximum atomic E-state index is 5.89. The monoisotopic (exact) mass is 283 g/mol. The van der Waals surface area contributed by atoms with E-state index in [4.69, 9.17) is 15.2 Å². The van der Waals surface area contributed by atoms with Crippen molar-refractivity contribution in [3.05, 3.63) is 46.5 Å². The smallest absolute Gasteiger partial charge is 0.127 e. The molecule has 0 fully saturated rings. The zero-order valence-corrected chi connectivity index (χ0v) is 12.8. The lowest BCUT2D eigenvalue weighted by Gasteiger charge is -2.16. The Hall–Kier alpha value is -2.00. The van der Waals surface area contributed by atoms with Crippen LogP contribution in [0.5, 0.6) is 11.5 Å². The van der Waals surface area contributed by atoms with E-state index in [1.165, 1.54) is 16.7 Å². The second-order valence-electron chi connectivity index (χ2n) is 5.59. The van der Waals surface area contributed by atoms with Gasteiger partial charge in [0.15, 0.2) is 0 Å². The van der Waals surface area contributed by atoms with Gasteiger partial charge in [-0.3, -0.25) is 0 Å². The number of aryl methyl sites for hydroxylation is 2. The maximum absolute atomic E-state index is 5.89. The highest BCUT2D eigenvalue weighted by atomic mass is 16.5. The molecule has 0 aromatic heterocycles. The third-order valence-electron chi connectivity index (χ3n) is 4.03. The molecule has 110 valence electrons. The Balaban J connectivity index is 2.22. The van der Waals surface area contributed by atoms with Crippen molar-refractivity contribution in [3.63, 3.8) is 0 Å². The molecular formula is C18H21NO2. The molecule has 1 aliphatic heterocycles. The third-order valence-corrected chi connectivity index (χ3v) is 4.03. The van der Waals surface area contributed by atoms with Crippen LogP contribution < -0.4 is 15.2 Å². The summed E-state index contributed by atoms with van der Waals surface area (Å²) in [7, 11) is 1.72. The quantitative estimate of drug-likeness (QED) is 0.939. The van der Waals surface area contributed by atoms with Crippen LogP contribution in [0.2, 0.25) is 0 Å². The number of hydrogen-bond acceptors (Lipinski definition) is 3. The van der Waals surface area contributed by atoms with Gasteiger partial charge in [0.2, 0.25) is 0 Å².